The molecule has 2 amide bonds. The Morgan fingerprint density at radius 3 is 2.68 bits per heavy atom. The number of hydrogen-bond acceptors (Lipinski definition) is 3. The van der Waals surface area contributed by atoms with Crippen LogP contribution >= 0.6 is 0 Å². The van der Waals surface area contributed by atoms with Gasteiger partial charge in [0.15, 0.2) is 0 Å². The van der Waals surface area contributed by atoms with Crippen LogP contribution in [0.15, 0.2) is 0 Å². The Kier molecular flexibility index (Phi) is 3.99. The number of carboxylic acids is 1. The number of amides is 2. The van der Waals surface area contributed by atoms with Gasteiger partial charge in [-0.2, -0.15) is 0 Å². The molecule has 0 spiro atoms. The van der Waals surface area contributed by atoms with Gasteiger partial charge in [-0.1, -0.05) is 0 Å². The number of ether oxygens (including phenoxy) is 1. The van der Waals surface area contributed by atoms with E-state index in [9.17, 15) is 9.59 Å². The van der Waals surface area contributed by atoms with Gasteiger partial charge in [-0.3, -0.25) is 4.79 Å². The van der Waals surface area contributed by atoms with Gasteiger partial charge in [0, 0.05) is 19.6 Å². The average molecular weight is 270 g/mol. The van der Waals surface area contributed by atoms with Crippen molar-refractivity contribution in [2.45, 2.75) is 32.2 Å². The molecule has 6 nitrogen and oxygen atoms in total. The number of piperidine rings is 1. The van der Waals surface area contributed by atoms with Crippen molar-refractivity contribution in [1.29, 1.82) is 0 Å². The molecule has 0 aromatic rings. The molecule has 19 heavy (non-hydrogen) atoms. The summed E-state index contributed by atoms with van der Waals surface area (Å²) in [6.45, 7) is 6.56. The fourth-order valence-corrected chi connectivity index (χ4v) is 2.74. The molecule has 2 heterocycles. The summed E-state index contributed by atoms with van der Waals surface area (Å²) in [6.07, 6.45) is 1.42. The number of aliphatic carboxylic acids is 1. The fraction of sp³-hybridized carbons (Fsp3) is 0.846. The first-order chi connectivity index (χ1) is 8.92. The van der Waals surface area contributed by atoms with Crippen LogP contribution in [0.4, 0.5) is 4.79 Å². The van der Waals surface area contributed by atoms with E-state index in [2.05, 4.69) is 0 Å². The Bertz CT molecular complexity index is 370. The lowest BCUT2D eigenvalue weighted by Gasteiger charge is -2.45. The van der Waals surface area contributed by atoms with E-state index in [1.54, 1.807) is 9.80 Å². The molecule has 108 valence electrons. The smallest absolute Gasteiger partial charge is 0.320 e. The van der Waals surface area contributed by atoms with Gasteiger partial charge in [0.05, 0.1) is 24.7 Å². The molecule has 1 N–H and O–H groups in total. The lowest BCUT2D eigenvalue weighted by atomic mass is 9.98. The summed E-state index contributed by atoms with van der Waals surface area (Å²) in [5, 5.41) is 9.08. The van der Waals surface area contributed by atoms with E-state index in [4.69, 9.17) is 9.84 Å². The van der Waals surface area contributed by atoms with Crippen LogP contribution in [0, 0.1) is 5.92 Å². The molecule has 0 aromatic carbocycles. The highest BCUT2D eigenvalue weighted by molar-refractivity contribution is 5.77. The molecule has 0 saturated carbocycles. The van der Waals surface area contributed by atoms with Crippen molar-refractivity contribution in [2.75, 3.05) is 32.8 Å². The number of hydrogen-bond donors (Lipinski definition) is 1. The van der Waals surface area contributed by atoms with Crippen LogP contribution in [-0.4, -0.2) is 65.3 Å². The maximum Gasteiger partial charge on any atom is 0.320 e. The van der Waals surface area contributed by atoms with E-state index in [1.807, 2.05) is 13.8 Å². The topological polar surface area (TPSA) is 70.1 Å². The molecule has 2 aliphatic heterocycles. The monoisotopic (exact) mass is 270 g/mol. The summed E-state index contributed by atoms with van der Waals surface area (Å²) < 4.78 is 5.41. The normalized spacial score (nSPS) is 27.2. The number of morpholine rings is 1. The van der Waals surface area contributed by atoms with Gasteiger partial charge in [0.2, 0.25) is 0 Å². The Hall–Kier alpha value is -1.30. The van der Waals surface area contributed by atoms with Crippen LogP contribution in [0.1, 0.15) is 26.7 Å². The third-order valence-electron chi connectivity index (χ3n) is 3.92. The number of carbonyl (C=O) groups is 2. The molecule has 0 aromatic heterocycles. The minimum atomic E-state index is -0.807. The van der Waals surface area contributed by atoms with E-state index in [-0.39, 0.29) is 11.6 Å². The van der Waals surface area contributed by atoms with Crippen LogP contribution in [0.25, 0.3) is 0 Å². The average Bonchev–Trinajstić information content (AvgIpc) is 2.37. The van der Waals surface area contributed by atoms with Crippen LogP contribution in [0.5, 0.6) is 0 Å². The van der Waals surface area contributed by atoms with Crippen LogP contribution in [-0.2, 0) is 9.53 Å². The fourth-order valence-electron chi connectivity index (χ4n) is 2.74. The molecule has 0 radical (unpaired) electrons. The second kappa shape index (κ2) is 5.36. The molecule has 2 fully saturated rings. The Morgan fingerprint density at radius 1 is 1.32 bits per heavy atom. The third kappa shape index (κ3) is 3.00. The first kappa shape index (κ1) is 14.1. The van der Waals surface area contributed by atoms with Crippen LogP contribution < -0.4 is 0 Å². The SMILES string of the molecule is CC1(C)COCCN1C(=O)N1CCC[C@H](C(=O)O)C1. The number of carbonyl (C=O) groups excluding carboxylic acids is 1. The van der Waals surface area contributed by atoms with Crippen molar-refractivity contribution in [3.8, 4) is 0 Å². The second-order valence-corrected chi connectivity index (χ2v) is 5.92. The highest BCUT2D eigenvalue weighted by atomic mass is 16.5. The zero-order valence-corrected chi connectivity index (χ0v) is 11.6. The zero-order chi connectivity index (χ0) is 14.0. The van der Waals surface area contributed by atoms with Gasteiger partial charge in [-0.25, -0.2) is 4.79 Å². The van der Waals surface area contributed by atoms with Gasteiger partial charge in [-0.15, -0.1) is 0 Å². The Morgan fingerprint density at radius 2 is 2.05 bits per heavy atom. The van der Waals surface area contributed by atoms with Gasteiger partial charge in [0.25, 0.3) is 0 Å². The van der Waals surface area contributed by atoms with Crippen LogP contribution in [0.3, 0.4) is 0 Å². The molecule has 1 atom stereocenters. The minimum Gasteiger partial charge on any atom is -0.481 e. The molecular weight excluding hydrogens is 248 g/mol. The van der Waals surface area contributed by atoms with E-state index in [0.717, 1.165) is 6.42 Å². The summed E-state index contributed by atoms with van der Waals surface area (Å²) in [5.41, 5.74) is -0.328. The number of rotatable bonds is 1. The maximum absolute atomic E-state index is 12.5. The predicted molar refractivity (Wildman–Crippen MR) is 68.9 cm³/mol. The van der Waals surface area contributed by atoms with E-state index < -0.39 is 11.9 Å². The molecule has 0 unspecified atom stereocenters. The molecule has 2 aliphatic rings. The summed E-state index contributed by atoms with van der Waals surface area (Å²) in [6, 6.07) is -0.0562. The van der Waals surface area contributed by atoms with E-state index in [0.29, 0.717) is 39.3 Å². The number of urea groups is 1. The number of carboxylic acid groups (broad SMARTS) is 1. The summed E-state index contributed by atoms with van der Waals surface area (Å²) in [7, 11) is 0. The maximum atomic E-state index is 12.5. The van der Waals surface area contributed by atoms with Crippen molar-refractivity contribution in [3.05, 3.63) is 0 Å². The Labute approximate surface area is 113 Å². The van der Waals surface area contributed by atoms with Gasteiger partial charge in [-0.05, 0) is 26.7 Å². The van der Waals surface area contributed by atoms with Crippen LogP contribution in [0.2, 0.25) is 0 Å². The summed E-state index contributed by atoms with van der Waals surface area (Å²) >= 11 is 0. The summed E-state index contributed by atoms with van der Waals surface area (Å²) in [5.74, 6) is -1.24. The molecule has 0 aliphatic carbocycles. The first-order valence-electron chi connectivity index (χ1n) is 6.79. The first-order valence-corrected chi connectivity index (χ1v) is 6.79. The van der Waals surface area contributed by atoms with Crippen molar-refractivity contribution in [2.24, 2.45) is 5.92 Å². The largest absolute Gasteiger partial charge is 0.481 e. The predicted octanol–water partition coefficient (Wildman–Crippen LogP) is 1.01. The lowest BCUT2D eigenvalue weighted by molar-refractivity contribution is -0.143. The van der Waals surface area contributed by atoms with Gasteiger partial charge >= 0.3 is 12.0 Å². The highest BCUT2D eigenvalue weighted by Crippen LogP contribution is 2.24. The molecule has 6 heteroatoms. The van der Waals surface area contributed by atoms with Crippen molar-refractivity contribution in [3.63, 3.8) is 0 Å². The van der Waals surface area contributed by atoms with Crippen molar-refractivity contribution in [1.82, 2.24) is 9.80 Å². The van der Waals surface area contributed by atoms with Gasteiger partial charge in [0.1, 0.15) is 0 Å². The van der Waals surface area contributed by atoms with Crippen molar-refractivity contribution >= 4 is 12.0 Å². The highest BCUT2D eigenvalue weighted by Gasteiger charge is 2.38. The standard InChI is InChI=1S/C13H22N2O4/c1-13(2)9-19-7-6-15(13)12(18)14-5-3-4-10(8-14)11(16)17/h10H,3-9H2,1-2H3,(H,16,17)/t10-/m0/s1. The second-order valence-electron chi connectivity index (χ2n) is 5.92. The number of nitrogens with zero attached hydrogens (tertiary/aromatic N) is 2. The molecule has 2 rings (SSSR count). The van der Waals surface area contributed by atoms with Gasteiger partial charge < -0.3 is 19.6 Å². The third-order valence-corrected chi connectivity index (χ3v) is 3.92. The van der Waals surface area contributed by atoms with E-state index in [1.165, 1.54) is 0 Å². The number of likely N-dealkylation sites (tertiary alicyclic amines) is 1. The molecular formula is C13H22N2O4. The molecule has 0 bridgehead atoms. The molecule has 2 saturated heterocycles. The zero-order valence-electron chi connectivity index (χ0n) is 11.6. The minimum absolute atomic E-state index is 0.0562. The lowest BCUT2D eigenvalue weighted by Crippen LogP contribution is -2.60. The van der Waals surface area contributed by atoms with E-state index >= 15 is 0 Å². The summed E-state index contributed by atoms with van der Waals surface area (Å²) in [4.78, 5) is 27.1. The van der Waals surface area contributed by atoms with Crippen molar-refractivity contribution < 1.29 is 19.4 Å². The Balaban J connectivity index is 2.04. The quantitative estimate of drug-likeness (QED) is 0.772.